The van der Waals surface area contributed by atoms with E-state index >= 15 is 0 Å². The molecule has 0 fully saturated rings. The van der Waals surface area contributed by atoms with E-state index in [1.54, 1.807) is 0 Å². The van der Waals surface area contributed by atoms with Gasteiger partial charge in [0, 0.05) is 16.4 Å². The molecule has 4 aromatic rings. The third kappa shape index (κ3) is 2.92. The van der Waals surface area contributed by atoms with Crippen LogP contribution in [0.15, 0.2) is 83.8 Å². The highest BCUT2D eigenvalue weighted by Crippen LogP contribution is 2.34. The van der Waals surface area contributed by atoms with Crippen LogP contribution in [0.5, 0.6) is 0 Å². The van der Waals surface area contributed by atoms with Crippen molar-refractivity contribution < 1.29 is 0 Å². The molecule has 0 N–H and O–H groups in total. The molecule has 24 heavy (non-hydrogen) atoms. The second-order valence-corrected chi connectivity index (χ2v) is 7.18. The SMILES string of the molecule is SCc1c(SCc2cccc3ccccc23)ccc2ccccc12. The third-order valence-electron chi connectivity index (χ3n) is 4.42. The molecule has 0 heterocycles. The third-order valence-corrected chi connectivity index (χ3v) is 5.88. The first-order chi connectivity index (χ1) is 11.9. The molecular formula is C22H18S2. The Bertz CT molecular complexity index is 1000. The lowest BCUT2D eigenvalue weighted by Gasteiger charge is -2.12. The van der Waals surface area contributed by atoms with Gasteiger partial charge in [-0.05, 0) is 38.7 Å². The van der Waals surface area contributed by atoms with E-state index < -0.39 is 0 Å². The molecule has 0 aliphatic carbocycles. The molecule has 0 radical (unpaired) electrons. The van der Waals surface area contributed by atoms with E-state index in [4.69, 9.17) is 0 Å². The van der Waals surface area contributed by atoms with Crippen LogP contribution in [0.2, 0.25) is 0 Å². The minimum atomic E-state index is 0.763. The highest BCUT2D eigenvalue weighted by molar-refractivity contribution is 7.98. The van der Waals surface area contributed by atoms with Crippen LogP contribution >= 0.6 is 24.4 Å². The van der Waals surface area contributed by atoms with E-state index in [0.29, 0.717) is 0 Å². The molecule has 0 aromatic heterocycles. The number of thioether (sulfide) groups is 1. The predicted molar refractivity (Wildman–Crippen MR) is 110 cm³/mol. The maximum absolute atomic E-state index is 4.58. The molecule has 0 saturated carbocycles. The second kappa shape index (κ2) is 6.92. The number of fused-ring (bicyclic) bond motifs is 2. The van der Waals surface area contributed by atoms with Crippen molar-refractivity contribution in [2.75, 3.05) is 0 Å². The second-order valence-electron chi connectivity index (χ2n) is 5.85. The summed E-state index contributed by atoms with van der Waals surface area (Å²) < 4.78 is 0. The first kappa shape index (κ1) is 15.6. The smallest absolute Gasteiger partial charge is 0.0238 e. The Hall–Kier alpha value is -1.90. The highest BCUT2D eigenvalue weighted by atomic mass is 32.2. The van der Waals surface area contributed by atoms with E-state index in [0.717, 1.165) is 11.5 Å². The molecule has 118 valence electrons. The van der Waals surface area contributed by atoms with E-state index in [1.165, 1.54) is 37.6 Å². The average molecular weight is 347 g/mol. The van der Waals surface area contributed by atoms with Gasteiger partial charge in [0.25, 0.3) is 0 Å². The Labute approximate surface area is 152 Å². The van der Waals surface area contributed by atoms with Gasteiger partial charge in [-0.1, -0.05) is 72.8 Å². The minimum Gasteiger partial charge on any atom is -0.174 e. The Morgan fingerprint density at radius 2 is 1.33 bits per heavy atom. The maximum Gasteiger partial charge on any atom is 0.0238 e. The molecule has 0 spiro atoms. The van der Waals surface area contributed by atoms with Gasteiger partial charge >= 0.3 is 0 Å². The van der Waals surface area contributed by atoms with E-state index in [2.05, 4.69) is 91.5 Å². The van der Waals surface area contributed by atoms with Crippen molar-refractivity contribution in [3.63, 3.8) is 0 Å². The van der Waals surface area contributed by atoms with Crippen LogP contribution in [0, 0.1) is 0 Å². The first-order valence-electron chi connectivity index (χ1n) is 8.08. The fourth-order valence-corrected chi connectivity index (χ4v) is 4.72. The average Bonchev–Trinajstić information content (AvgIpc) is 2.65. The van der Waals surface area contributed by atoms with Gasteiger partial charge in [-0.3, -0.25) is 0 Å². The molecule has 0 aliphatic heterocycles. The molecule has 0 aliphatic rings. The van der Waals surface area contributed by atoms with Gasteiger partial charge in [-0.2, -0.15) is 12.6 Å². The van der Waals surface area contributed by atoms with Crippen LogP contribution in [-0.2, 0) is 11.5 Å². The van der Waals surface area contributed by atoms with Gasteiger partial charge in [0.15, 0.2) is 0 Å². The topological polar surface area (TPSA) is 0 Å². The molecule has 0 saturated heterocycles. The number of hydrogen-bond acceptors (Lipinski definition) is 2. The monoisotopic (exact) mass is 346 g/mol. The lowest BCUT2D eigenvalue weighted by Crippen LogP contribution is -1.89. The number of rotatable bonds is 4. The van der Waals surface area contributed by atoms with Crippen molar-refractivity contribution in [1.29, 1.82) is 0 Å². The van der Waals surface area contributed by atoms with Gasteiger partial charge in [-0.15, -0.1) is 11.8 Å². The van der Waals surface area contributed by atoms with Crippen molar-refractivity contribution in [3.05, 3.63) is 90.0 Å². The van der Waals surface area contributed by atoms with Gasteiger partial charge in [0.1, 0.15) is 0 Å². The summed E-state index contributed by atoms with van der Waals surface area (Å²) in [6, 6.07) is 28.2. The summed E-state index contributed by atoms with van der Waals surface area (Å²) in [5, 5.41) is 5.26. The Balaban J connectivity index is 1.69. The van der Waals surface area contributed by atoms with Gasteiger partial charge in [0.05, 0.1) is 0 Å². The van der Waals surface area contributed by atoms with Gasteiger partial charge in [0.2, 0.25) is 0 Å². The Kier molecular flexibility index (Phi) is 4.50. The summed E-state index contributed by atoms with van der Waals surface area (Å²) in [5.74, 6) is 1.74. The zero-order valence-electron chi connectivity index (χ0n) is 13.3. The van der Waals surface area contributed by atoms with Crippen molar-refractivity contribution in [3.8, 4) is 0 Å². The van der Waals surface area contributed by atoms with Crippen LogP contribution in [0.4, 0.5) is 0 Å². The molecule has 0 bridgehead atoms. The van der Waals surface area contributed by atoms with Crippen molar-refractivity contribution in [2.24, 2.45) is 0 Å². The Morgan fingerprint density at radius 3 is 2.12 bits per heavy atom. The highest BCUT2D eigenvalue weighted by Gasteiger charge is 2.08. The lowest BCUT2D eigenvalue weighted by molar-refractivity contribution is 1.30. The van der Waals surface area contributed by atoms with Crippen LogP contribution in [0.1, 0.15) is 11.1 Å². The van der Waals surface area contributed by atoms with E-state index in [9.17, 15) is 0 Å². The maximum atomic E-state index is 4.58. The Morgan fingerprint density at radius 1 is 0.667 bits per heavy atom. The van der Waals surface area contributed by atoms with Crippen LogP contribution in [-0.4, -0.2) is 0 Å². The quantitative estimate of drug-likeness (QED) is 0.316. The fourth-order valence-electron chi connectivity index (χ4n) is 3.19. The molecule has 0 amide bonds. The van der Waals surface area contributed by atoms with Crippen LogP contribution < -0.4 is 0 Å². The molecule has 4 aromatic carbocycles. The minimum absolute atomic E-state index is 0.763. The number of thiol groups is 1. The van der Waals surface area contributed by atoms with Gasteiger partial charge in [-0.25, -0.2) is 0 Å². The normalized spacial score (nSPS) is 11.2. The van der Waals surface area contributed by atoms with Crippen molar-refractivity contribution in [2.45, 2.75) is 16.4 Å². The zero-order valence-corrected chi connectivity index (χ0v) is 15.0. The summed E-state index contributed by atoms with van der Waals surface area (Å²) in [4.78, 5) is 1.33. The summed E-state index contributed by atoms with van der Waals surface area (Å²) in [5.41, 5.74) is 2.72. The summed E-state index contributed by atoms with van der Waals surface area (Å²) in [6.45, 7) is 0. The molecule has 0 unspecified atom stereocenters. The van der Waals surface area contributed by atoms with E-state index in [1.807, 2.05) is 11.8 Å². The fraction of sp³-hybridized carbons (Fsp3) is 0.0909. The predicted octanol–water partition coefficient (Wildman–Crippen LogP) is 6.72. The summed E-state index contributed by atoms with van der Waals surface area (Å²) in [7, 11) is 0. The standard InChI is InChI=1S/C22H18S2/c23-14-21-20-11-4-2-7-17(20)12-13-22(21)24-15-18-9-5-8-16-6-1-3-10-19(16)18/h1-13,23H,14-15H2. The molecular weight excluding hydrogens is 328 g/mol. The van der Waals surface area contributed by atoms with Gasteiger partial charge < -0.3 is 0 Å². The number of benzene rings is 4. The van der Waals surface area contributed by atoms with Crippen molar-refractivity contribution in [1.82, 2.24) is 0 Å². The summed E-state index contributed by atoms with van der Waals surface area (Å²) >= 11 is 6.49. The zero-order chi connectivity index (χ0) is 16.4. The van der Waals surface area contributed by atoms with Crippen molar-refractivity contribution >= 4 is 45.9 Å². The molecule has 4 rings (SSSR count). The summed E-state index contributed by atoms with van der Waals surface area (Å²) in [6.07, 6.45) is 0. The lowest BCUT2D eigenvalue weighted by atomic mass is 10.1. The van der Waals surface area contributed by atoms with Crippen LogP contribution in [0.3, 0.4) is 0 Å². The first-order valence-corrected chi connectivity index (χ1v) is 9.69. The largest absolute Gasteiger partial charge is 0.174 e. The molecule has 0 nitrogen and oxygen atoms in total. The van der Waals surface area contributed by atoms with E-state index in [-0.39, 0.29) is 0 Å². The van der Waals surface area contributed by atoms with Crippen LogP contribution in [0.25, 0.3) is 21.5 Å². The number of hydrogen-bond donors (Lipinski definition) is 1. The molecule has 0 atom stereocenters. The molecule has 2 heteroatoms.